The molecule has 0 aliphatic rings. The maximum Gasteiger partial charge on any atom is 0.333 e. The number of nitrogens with zero attached hydrogens (tertiary/aromatic N) is 1. The molecular weight excluding hydrogens is 436 g/mol. The molecule has 0 saturated carbocycles. The van der Waals surface area contributed by atoms with Gasteiger partial charge < -0.3 is 29.5 Å². The lowest BCUT2D eigenvalue weighted by Crippen LogP contribution is -2.43. The minimum atomic E-state index is -0.974. The topological polar surface area (TPSA) is 97.3 Å². The first-order valence-corrected chi connectivity index (χ1v) is 11.6. The van der Waals surface area contributed by atoms with Crippen LogP contribution in [0.5, 0.6) is 5.75 Å². The van der Waals surface area contributed by atoms with Crippen LogP contribution in [0.1, 0.15) is 24.5 Å². The second kappa shape index (κ2) is 15.7. The number of amides is 2. The van der Waals surface area contributed by atoms with Gasteiger partial charge in [-0.2, -0.15) is 0 Å². The summed E-state index contributed by atoms with van der Waals surface area (Å²) in [5.41, 5.74) is 2.10. The van der Waals surface area contributed by atoms with Crippen LogP contribution in [0.15, 0.2) is 54.6 Å². The molecule has 0 aliphatic heterocycles. The number of ether oxygens (including phenoxy) is 3. The molecule has 2 amide bonds. The number of urea groups is 1. The number of benzene rings is 2. The fourth-order valence-electron chi connectivity index (χ4n) is 3.43. The molecule has 2 aromatic carbocycles. The van der Waals surface area contributed by atoms with E-state index in [1.807, 2.05) is 30.3 Å². The van der Waals surface area contributed by atoms with Crippen molar-refractivity contribution in [3.05, 3.63) is 65.7 Å². The van der Waals surface area contributed by atoms with Gasteiger partial charge in [0.05, 0.1) is 13.2 Å². The van der Waals surface area contributed by atoms with Crippen LogP contribution in [0, 0.1) is 0 Å². The van der Waals surface area contributed by atoms with E-state index in [1.54, 1.807) is 31.1 Å². The summed E-state index contributed by atoms with van der Waals surface area (Å²) >= 11 is 0. The predicted octanol–water partition coefficient (Wildman–Crippen LogP) is 3.39. The predicted molar refractivity (Wildman–Crippen MR) is 130 cm³/mol. The number of carbonyl (C=O) groups is 2. The molecule has 2 rings (SSSR count). The Hall–Kier alpha value is -3.10. The van der Waals surface area contributed by atoms with E-state index in [9.17, 15) is 14.7 Å². The average Bonchev–Trinajstić information content (AvgIpc) is 2.84. The molecule has 34 heavy (non-hydrogen) atoms. The summed E-state index contributed by atoms with van der Waals surface area (Å²) in [5, 5.41) is 12.1. The fourth-order valence-corrected chi connectivity index (χ4v) is 3.43. The van der Waals surface area contributed by atoms with Crippen LogP contribution in [0.25, 0.3) is 0 Å². The Morgan fingerprint density at radius 2 is 1.74 bits per heavy atom. The third-order valence-electron chi connectivity index (χ3n) is 5.22. The molecule has 0 radical (unpaired) electrons. The van der Waals surface area contributed by atoms with E-state index in [0.717, 1.165) is 18.4 Å². The molecule has 0 aromatic heterocycles. The summed E-state index contributed by atoms with van der Waals surface area (Å²) in [4.78, 5) is 25.6. The number of carbonyl (C=O) groups excluding carboxylic acids is 1. The highest BCUT2D eigenvalue weighted by atomic mass is 16.5. The molecule has 1 atom stereocenters. The van der Waals surface area contributed by atoms with E-state index in [0.29, 0.717) is 51.6 Å². The Morgan fingerprint density at radius 3 is 2.38 bits per heavy atom. The van der Waals surface area contributed by atoms with Crippen molar-refractivity contribution in [3.8, 4) is 5.75 Å². The third kappa shape index (κ3) is 10.2. The molecule has 1 unspecified atom stereocenters. The lowest BCUT2D eigenvalue weighted by molar-refractivity contribution is -0.149. The molecule has 0 aliphatic carbocycles. The number of nitrogens with one attached hydrogen (secondary N) is 1. The monoisotopic (exact) mass is 472 g/mol. The number of carboxylic acid groups (broad SMARTS) is 1. The molecule has 8 heteroatoms. The molecule has 0 heterocycles. The third-order valence-corrected chi connectivity index (χ3v) is 5.22. The van der Waals surface area contributed by atoms with Crippen molar-refractivity contribution in [1.82, 2.24) is 10.2 Å². The molecule has 2 aromatic rings. The van der Waals surface area contributed by atoms with Crippen molar-refractivity contribution in [1.29, 1.82) is 0 Å². The highest BCUT2D eigenvalue weighted by molar-refractivity contribution is 5.74. The molecule has 0 spiro atoms. The first-order chi connectivity index (χ1) is 16.5. The normalized spacial score (nSPS) is 11.6. The lowest BCUT2D eigenvalue weighted by atomic mass is 10.1. The minimum Gasteiger partial charge on any atom is -0.492 e. The van der Waals surface area contributed by atoms with Crippen LogP contribution >= 0.6 is 0 Å². The standard InChI is InChI=1S/C26H36N2O6/c1-3-33-24(25(29)30)20-22-11-13-23(14-12-22)34-19-17-28(26(31)27-15-18-32-2)16-7-10-21-8-5-4-6-9-21/h4-6,8-9,11-14,24H,3,7,10,15-20H2,1-2H3,(H,27,31)(H,29,30). The van der Waals surface area contributed by atoms with Crippen LogP contribution in [-0.4, -0.2) is 74.7 Å². The molecular formula is C26H36N2O6. The second-order valence-corrected chi connectivity index (χ2v) is 7.78. The second-order valence-electron chi connectivity index (χ2n) is 7.78. The summed E-state index contributed by atoms with van der Waals surface area (Å²) < 4.78 is 16.1. The van der Waals surface area contributed by atoms with E-state index in [-0.39, 0.29) is 6.03 Å². The maximum atomic E-state index is 12.6. The Balaban J connectivity index is 1.85. The van der Waals surface area contributed by atoms with Crippen molar-refractivity contribution in [2.24, 2.45) is 0 Å². The molecule has 8 nitrogen and oxygen atoms in total. The Bertz CT molecular complexity index is 844. The highest BCUT2D eigenvalue weighted by Crippen LogP contribution is 2.15. The summed E-state index contributed by atoms with van der Waals surface area (Å²) in [5.74, 6) is -0.311. The summed E-state index contributed by atoms with van der Waals surface area (Å²) in [6, 6.07) is 17.3. The minimum absolute atomic E-state index is 0.139. The summed E-state index contributed by atoms with van der Waals surface area (Å²) in [6.45, 7) is 4.43. The SMILES string of the molecule is CCOC(Cc1ccc(OCCN(CCCc2ccccc2)C(=O)NCCOC)cc1)C(=O)O. The smallest absolute Gasteiger partial charge is 0.333 e. The van der Waals surface area contributed by atoms with Crippen LogP contribution < -0.4 is 10.1 Å². The quantitative estimate of drug-likeness (QED) is 0.364. The lowest BCUT2D eigenvalue weighted by Gasteiger charge is -2.23. The number of hydrogen-bond acceptors (Lipinski definition) is 5. The van der Waals surface area contributed by atoms with Gasteiger partial charge in [0.2, 0.25) is 0 Å². The van der Waals surface area contributed by atoms with Crippen LogP contribution in [0.2, 0.25) is 0 Å². The zero-order chi connectivity index (χ0) is 24.6. The number of carboxylic acids is 1. The maximum absolute atomic E-state index is 12.6. The van der Waals surface area contributed by atoms with E-state index in [4.69, 9.17) is 14.2 Å². The first kappa shape index (κ1) is 27.1. The number of methoxy groups -OCH3 is 1. The van der Waals surface area contributed by atoms with Gasteiger partial charge >= 0.3 is 12.0 Å². The average molecular weight is 473 g/mol. The van der Waals surface area contributed by atoms with Crippen molar-refractivity contribution < 1.29 is 28.9 Å². The van der Waals surface area contributed by atoms with E-state index in [2.05, 4.69) is 17.4 Å². The van der Waals surface area contributed by atoms with Gasteiger partial charge in [0.15, 0.2) is 6.10 Å². The van der Waals surface area contributed by atoms with Gasteiger partial charge in [0, 0.05) is 33.2 Å². The van der Waals surface area contributed by atoms with Crippen molar-refractivity contribution in [2.45, 2.75) is 32.3 Å². The van der Waals surface area contributed by atoms with Crippen molar-refractivity contribution >= 4 is 12.0 Å². The Kier molecular flexibility index (Phi) is 12.5. The first-order valence-electron chi connectivity index (χ1n) is 11.6. The van der Waals surface area contributed by atoms with Gasteiger partial charge in [-0.05, 0) is 43.0 Å². The molecule has 0 saturated heterocycles. The van der Waals surface area contributed by atoms with Crippen molar-refractivity contribution in [3.63, 3.8) is 0 Å². The van der Waals surface area contributed by atoms with Gasteiger partial charge in [-0.1, -0.05) is 42.5 Å². The van der Waals surface area contributed by atoms with Gasteiger partial charge in [-0.25, -0.2) is 9.59 Å². The van der Waals surface area contributed by atoms with E-state index >= 15 is 0 Å². The number of hydrogen-bond donors (Lipinski definition) is 2. The highest BCUT2D eigenvalue weighted by Gasteiger charge is 2.18. The van der Waals surface area contributed by atoms with Crippen LogP contribution in [-0.2, 0) is 27.1 Å². The van der Waals surface area contributed by atoms with E-state index in [1.165, 1.54) is 5.56 Å². The van der Waals surface area contributed by atoms with Crippen molar-refractivity contribution in [2.75, 3.05) is 46.6 Å². The van der Waals surface area contributed by atoms with Crippen LogP contribution in [0.3, 0.4) is 0 Å². The molecule has 186 valence electrons. The largest absolute Gasteiger partial charge is 0.492 e. The fraction of sp³-hybridized carbons (Fsp3) is 0.462. The zero-order valence-corrected chi connectivity index (χ0v) is 20.1. The van der Waals surface area contributed by atoms with Crippen LogP contribution in [0.4, 0.5) is 4.79 Å². The number of aliphatic carboxylic acids is 1. The van der Waals surface area contributed by atoms with Gasteiger partial charge in [-0.3, -0.25) is 0 Å². The van der Waals surface area contributed by atoms with Gasteiger partial charge in [-0.15, -0.1) is 0 Å². The molecule has 0 fully saturated rings. The molecule has 2 N–H and O–H groups in total. The number of aryl methyl sites for hydroxylation is 1. The van der Waals surface area contributed by atoms with E-state index < -0.39 is 12.1 Å². The van der Waals surface area contributed by atoms with Gasteiger partial charge in [0.25, 0.3) is 0 Å². The summed E-state index contributed by atoms with van der Waals surface area (Å²) in [6.07, 6.45) is 1.17. The Labute approximate surface area is 201 Å². The number of rotatable bonds is 16. The zero-order valence-electron chi connectivity index (χ0n) is 20.1. The van der Waals surface area contributed by atoms with Gasteiger partial charge in [0.1, 0.15) is 12.4 Å². The summed E-state index contributed by atoms with van der Waals surface area (Å²) in [7, 11) is 1.60. The Morgan fingerprint density at radius 1 is 1.00 bits per heavy atom. The molecule has 0 bridgehead atoms.